The van der Waals surface area contributed by atoms with Gasteiger partial charge in [0, 0.05) is 31.9 Å². The van der Waals surface area contributed by atoms with Gasteiger partial charge in [0.05, 0.1) is 6.54 Å². The molecule has 0 saturated heterocycles. The highest BCUT2D eigenvalue weighted by Crippen LogP contribution is 2.22. The summed E-state index contributed by atoms with van der Waals surface area (Å²) in [5, 5.41) is 2.04. The molecule has 4 rings (SSSR count). The van der Waals surface area contributed by atoms with Crippen LogP contribution in [0, 0.1) is 0 Å². The van der Waals surface area contributed by atoms with Crippen LogP contribution in [0.5, 0.6) is 5.75 Å². The van der Waals surface area contributed by atoms with E-state index in [4.69, 9.17) is 4.74 Å². The maximum Gasteiger partial charge on any atom is 0.254 e. The smallest absolute Gasteiger partial charge is 0.254 e. The summed E-state index contributed by atoms with van der Waals surface area (Å²) >= 11 is 0. The normalized spacial score (nSPS) is 10.8. The molecule has 4 nitrogen and oxygen atoms in total. The molecule has 4 heteroatoms. The molecule has 0 saturated carbocycles. The Labute approximate surface area is 202 Å². The molecule has 0 unspecified atom stereocenters. The summed E-state index contributed by atoms with van der Waals surface area (Å²) in [6, 6.07) is 30.3. The number of rotatable bonds is 9. The van der Waals surface area contributed by atoms with Crippen molar-refractivity contribution in [2.75, 3.05) is 32.1 Å². The van der Waals surface area contributed by atoms with Crippen molar-refractivity contribution in [1.29, 1.82) is 0 Å². The number of carbonyl (C=O) groups is 1. The number of hydrogen-bond donors (Lipinski definition) is 0. The first-order valence-electron chi connectivity index (χ1n) is 11.8. The highest BCUT2D eigenvalue weighted by Gasteiger charge is 2.19. The Hall–Kier alpha value is -3.79. The van der Waals surface area contributed by atoms with Gasteiger partial charge in [0.25, 0.3) is 5.91 Å². The van der Waals surface area contributed by atoms with Crippen molar-refractivity contribution >= 4 is 22.4 Å². The van der Waals surface area contributed by atoms with Gasteiger partial charge in [-0.3, -0.25) is 4.79 Å². The van der Waals surface area contributed by atoms with E-state index in [1.54, 1.807) is 0 Å². The summed E-state index contributed by atoms with van der Waals surface area (Å²) in [5.41, 5.74) is 4.28. The van der Waals surface area contributed by atoms with E-state index in [2.05, 4.69) is 30.0 Å². The van der Waals surface area contributed by atoms with Crippen LogP contribution in [0.1, 0.15) is 28.4 Å². The van der Waals surface area contributed by atoms with Crippen LogP contribution in [0.4, 0.5) is 5.69 Å². The molecule has 174 valence electrons. The van der Waals surface area contributed by atoms with E-state index in [0.29, 0.717) is 19.7 Å². The second kappa shape index (κ2) is 10.9. The minimum absolute atomic E-state index is 0.0225. The number of amides is 1. The number of ether oxygens (including phenoxy) is 1. The Bertz CT molecular complexity index is 1240. The summed E-state index contributed by atoms with van der Waals surface area (Å²) in [7, 11) is 4.03. The van der Waals surface area contributed by atoms with Crippen LogP contribution in [0.3, 0.4) is 0 Å². The lowest BCUT2D eigenvalue weighted by atomic mass is 10.0. The van der Waals surface area contributed by atoms with E-state index in [1.807, 2.05) is 91.8 Å². The molecule has 0 radical (unpaired) electrons. The number of hydrogen-bond acceptors (Lipinski definition) is 3. The molecule has 4 aromatic rings. The molecule has 0 heterocycles. The fraction of sp³-hybridized carbons (Fsp3) is 0.233. The molecular formula is C30H32N2O2. The summed E-state index contributed by atoms with van der Waals surface area (Å²) in [6.45, 7) is 3.62. The number of carbonyl (C=O) groups excluding carboxylic acids is 1. The third-order valence-electron chi connectivity index (χ3n) is 6.15. The molecule has 0 N–H and O–H groups in total. The maximum absolute atomic E-state index is 13.8. The summed E-state index contributed by atoms with van der Waals surface area (Å²) < 4.78 is 6.03. The first-order valence-corrected chi connectivity index (χ1v) is 11.8. The van der Waals surface area contributed by atoms with Crippen molar-refractivity contribution in [3.63, 3.8) is 0 Å². The predicted octanol–water partition coefficient (Wildman–Crippen LogP) is 6.19. The highest BCUT2D eigenvalue weighted by molar-refractivity contribution is 6.07. The second-order valence-electron chi connectivity index (χ2n) is 8.61. The number of nitrogens with zero attached hydrogens (tertiary/aromatic N) is 2. The average molecular weight is 453 g/mol. The fourth-order valence-electron chi connectivity index (χ4n) is 4.21. The van der Waals surface area contributed by atoms with E-state index in [1.165, 1.54) is 11.1 Å². The quantitative estimate of drug-likeness (QED) is 0.304. The van der Waals surface area contributed by atoms with Crippen molar-refractivity contribution in [3.05, 3.63) is 108 Å². The van der Waals surface area contributed by atoms with Crippen molar-refractivity contribution < 1.29 is 9.53 Å². The molecule has 0 aliphatic carbocycles. The van der Waals surface area contributed by atoms with Gasteiger partial charge in [-0.05, 0) is 58.7 Å². The zero-order chi connectivity index (χ0) is 23.9. The molecule has 34 heavy (non-hydrogen) atoms. The molecular weight excluding hydrogens is 420 g/mol. The number of benzene rings is 4. The zero-order valence-corrected chi connectivity index (χ0v) is 20.2. The summed E-state index contributed by atoms with van der Waals surface area (Å²) in [5.74, 6) is 0.825. The molecule has 1 amide bonds. The first kappa shape index (κ1) is 23.4. The van der Waals surface area contributed by atoms with Crippen LogP contribution in [-0.4, -0.2) is 38.1 Å². The predicted molar refractivity (Wildman–Crippen MR) is 141 cm³/mol. The van der Waals surface area contributed by atoms with Gasteiger partial charge in [0.1, 0.15) is 12.4 Å². The molecule has 0 aromatic heterocycles. The highest BCUT2D eigenvalue weighted by atomic mass is 16.5. The van der Waals surface area contributed by atoms with Gasteiger partial charge in [-0.1, -0.05) is 67.6 Å². The van der Waals surface area contributed by atoms with Crippen LogP contribution < -0.4 is 9.64 Å². The van der Waals surface area contributed by atoms with E-state index in [9.17, 15) is 4.79 Å². The van der Waals surface area contributed by atoms with Gasteiger partial charge >= 0.3 is 0 Å². The van der Waals surface area contributed by atoms with Crippen LogP contribution in [0.25, 0.3) is 10.8 Å². The number of anilines is 1. The van der Waals surface area contributed by atoms with E-state index < -0.39 is 0 Å². The molecule has 0 spiro atoms. The Kier molecular flexibility index (Phi) is 7.48. The minimum atomic E-state index is 0.0225. The SMILES string of the molecule is CCc1ccccc1CN(CCOc1ccc(N(C)C)cc1)C(=O)c1cccc2ccccc12. The van der Waals surface area contributed by atoms with Gasteiger partial charge in [0.2, 0.25) is 0 Å². The minimum Gasteiger partial charge on any atom is -0.492 e. The van der Waals surface area contributed by atoms with Crippen molar-refractivity contribution in [2.24, 2.45) is 0 Å². The van der Waals surface area contributed by atoms with Crippen molar-refractivity contribution in [3.8, 4) is 5.75 Å². The van der Waals surface area contributed by atoms with Crippen molar-refractivity contribution in [1.82, 2.24) is 4.90 Å². The number of fused-ring (bicyclic) bond motifs is 1. The van der Waals surface area contributed by atoms with E-state index in [0.717, 1.165) is 34.2 Å². The van der Waals surface area contributed by atoms with Gasteiger partial charge in [0.15, 0.2) is 0 Å². The van der Waals surface area contributed by atoms with Crippen LogP contribution in [-0.2, 0) is 13.0 Å². The lowest BCUT2D eigenvalue weighted by Crippen LogP contribution is -2.34. The van der Waals surface area contributed by atoms with Crippen molar-refractivity contribution in [2.45, 2.75) is 19.9 Å². The van der Waals surface area contributed by atoms with Gasteiger partial charge in [-0.2, -0.15) is 0 Å². The summed E-state index contributed by atoms with van der Waals surface area (Å²) in [4.78, 5) is 17.8. The Morgan fingerprint density at radius 2 is 1.47 bits per heavy atom. The first-order chi connectivity index (χ1) is 16.6. The maximum atomic E-state index is 13.8. The van der Waals surface area contributed by atoms with Gasteiger partial charge in [-0.15, -0.1) is 0 Å². The topological polar surface area (TPSA) is 32.8 Å². The Balaban J connectivity index is 1.56. The third kappa shape index (κ3) is 5.40. The zero-order valence-electron chi connectivity index (χ0n) is 20.2. The largest absolute Gasteiger partial charge is 0.492 e. The Morgan fingerprint density at radius 1 is 0.794 bits per heavy atom. The number of aryl methyl sites for hydroxylation is 1. The molecule has 0 aliphatic rings. The molecule has 0 bridgehead atoms. The van der Waals surface area contributed by atoms with Gasteiger partial charge < -0.3 is 14.5 Å². The molecule has 0 aliphatic heterocycles. The average Bonchev–Trinajstić information content (AvgIpc) is 2.88. The molecule has 4 aromatic carbocycles. The lowest BCUT2D eigenvalue weighted by molar-refractivity contribution is 0.0718. The van der Waals surface area contributed by atoms with Crippen LogP contribution in [0.2, 0.25) is 0 Å². The lowest BCUT2D eigenvalue weighted by Gasteiger charge is -2.25. The Morgan fingerprint density at radius 3 is 2.21 bits per heavy atom. The van der Waals surface area contributed by atoms with E-state index in [-0.39, 0.29) is 5.91 Å². The molecule has 0 atom stereocenters. The summed E-state index contributed by atoms with van der Waals surface area (Å²) in [6.07, 6.45) is 0.932. The molecule has 0 fully saturated rings. The van der Waals surface area contributed by atoms with E-state index >= 15 is 0 Å². The third-order valence-corrected chi connectivity index (χ3v) is 6.15. The monoisotopic (exact) mass is 452 g/mol. The van der Waals surface area contributed by atoms with Gasteiger partial charge in [-0.25, -0.2) is 0 Å². The van der Waals surface area contributed by atoms with Crippen LogP contribution >= 0.6 is 0 Å². The fourth-order valence-corrected chi connectivity index (χ4v) is 4.21. The standard InChI is InChI=1S/C30H32N2O2/c1-4-23-10-5-6-12-25(23)22-32(20-21-34-27-18-16-26(17-19-27)31(2)3)30(33)29-15-9-13-24-11-7-8-14-28(24)29/h5-19H,4,20-22H2,1-3H3. The van der Waals surface area contributed by atoms with Crippen LogP contribution in [0.15, 0.2) is 91.0 Å². The second-order valence-corrected chi connectivity index (χ2v) is 8.61.